The summed E-state index contributed by atoms with van der Waals surface area (Å²) in [6.07, 6.45) is 2.56. The molecule has 1 heterocycles. The van der Waals surface area contributed by atoms with Crippen LogP contribution in [-0.4, -0.2) is 43.8 Å². The molecule has 2 rings (SSSR count). The van der Waals surface area contributed by atoms with Crippen molar-refractivity contribution < 1.29 is 22.1 Å². The molecule has 0 bridgehead atoms. The Hall–Kier alpha value is 0.846. The van der Waals surface area contributed by atoms with Crippen molar-refractivity contribution in [3.63, 3.8) is 0 Å². The molecule has 0 spiro atoms. The number of hydrogen-bond donors (Lipinski definition) is 0. The van der Waals surface area contributed by atoms with E-state index in [-0.39, 0.29) is 17.4 Å². The molecule has 4 atom stereocenters. The number of hydrogen-bond acceptors (Lipinski definition) is 1. The first-order valence-electron chi connectivity index (χ1n) is 9.23. The monoisotopic (exact) mass is 407 g/mol. The van der Waals surface area contributed by atoms with Crippen molar-refractivity contribution in [1.29, 1.82) is 0 Å². The van der Waals surface area contributed by atoms with Crippen LogP contribution in [0.4, 0.5) is 0 Å². The average Bonchev–Trinajstić information content (AvgIpc) is 3.12. The summed E-state index contributed by atoms with van der Waals surface area (Å²) in [7, 11) is 1.10. The van der Waals surface area contributed by atoms with Gasteiger partial charge in [0.2, 0.25) is 0 Å². The zero-order chi connectivity index (χ0) is 17.8. The Kier molecular flexibility index (Phi) is 10.6. The summed E-state index contributed by atoms with van der Waals surface area (Å²) >= 11 is 0. The second kappa shape index (κ2) is 10.3. The van der Waals surface area contributed by atoms with Crippen LogP contribution in [0.2, 0.25) is 37.3 Å². The Morgan fingerprint density at radius 2 is 1.17 bits per heavy atom. The van der Waals surface area contributed by atoms with Crippen molar-refractivity contribution in [3.8, 4) is 0 Å². The molecule has 1 radical (unpaired) electrons. The smallest absolute Gasteiger partial charge is 0.669 e. The van der Waals surface area contributed by atoms with Crippen LogP contribution in [0.1, 0.15) is 33.6 Å². The summed E-state index contributed by atoms with van der Waals surface area (Å²) in [5, 5.41) is 0. The van der Waals surface area contributed by atoms with Gasteiger partial charge < -0.3 is 20.6 Å². The second-order valence-corrected chi connectivity index (χ2v) is 17.2. The van der Waals surface area contributed by atoms with Crippen molar-refractivity contribution in [1.82, 2.24) is 0 Å². The van der Waals surface area contributed by atoms with Gasteiger partial charge in [-0.2, -0.15) is 32.1 Å². The van der Waals surface area contributed by atoms with Crippen LogP contribution in [0, 0.1) is 17.8 Å². The van der Waals surface area contributed by atoms with E-state index in [0.29, 0.717) is 0 Å². The van der Waals surface area contributed by atoms with Crippen LogP contribution >= 0.6 is 0 Å². The Morgan fingerprint density at radius 3 is 1.38 bits per heavy atom. The van der Waals surface area contributed by atoms with Gasteiger partial charge in [0.1, 0.15) is 0 Å². The van der Waals surface area contributed by atoms with E-state index >= 15 is 0 Å². The van der Waals surface area contributed by atoms with E-state index in [4.69, 9.17) is 14.7 Å². The SMILES string of the molecule is C1CCOC1.C[N-][Si](C)(C)C1[C-](C)C([Si](C)(C)[N-]C)C(C)C1C.[Cr+3]. The van der Waals surface area contributed by atoms with Crippen LogP contribution in [0.3, 0.4) is 0 Å². The van der Waals surface area contributed by atoms with Crippen LogP contribution in [0.15, 0.2) is 0 Å². The van der Waals surface area contributed by atoms with E-state index in [1.165, 1.54) is 12.8 Å². The molecule has 4 unspecified atom stereocenters. The first kappa shape index (κ1) is 24.8. The number of ether oxygens (including phenoxy) is 1. The van der Waals surface area contributed by atoms with Crippen molar-refractivity contribution >= 4 is 16.5 Å². The van der Waals surface area contributed by atoms with Gasteiger partial charge in [-0.3, -0.25) is 0 Å². The normalized spacial score (nSPS) is 31.4. The topological polar surface area (TPSA) is 37.4 Å². The molecule has 2 fully saturated rings. The average molecular weight is 408 g/mol. The summed E-state index contributed by atoms with van der Waals surface area (Å²) in [6.45, 7) is 19.0. The molecule has 24 heavy (non-hydrogen) atoms. The summed E-state index contributed by atoms with van der Waals surface area (Å²) < 4.78 is 4.94. The molecule has 1 saturated heterocycles. The van der Waals surface area contributed by atoms with E-state index in [2.05, 4.69) is 47.0 Å². The summed E-state index contributed by atoms with van der Waals surface area (Å²) in [5.41, 5.74) is 1.49. The molecule has 2 aliphatic rings. The molecule has 0 aromatic carbocycles. The Bertz CT molecular complexity index is 329. The predicted molar refractivity (Wildman–Crippen MR) is 108 cm³/mol. The molecule has 1 aliphatic heterocycles. The van der Waals surface area contributed by atoms with Gasteiger partial charge in [-0.25, -0.2) is 0 Å². The molecule has 6 heteroatoms. The Labute approximate surface area is 164 Å². The molecule has 0 aromatic rings. The Morgan fingerprint density at radius 1 is 0.833 bits per heavy atom. The summed E-state index contributed by atoms with van der Waals surface area (Å²) in [5.74, 6) is 3.27. The predicted octanol–water partition coefficient (Wildman–Crippen LogP) is 5.82. The molecule has 0 aromatic heterocycles. The maximum absolute atomic E-state index is 4.94. The minimum Gasteiger partial charge on any atom is -0.669 e. The zero-order valence-electron chi connectivity index (χ0n) is 17.3. The van der Waals surface area contributed by atoms with Gasteiger partial charge in [-0.1, -0.05) is 68.3 Å². The van der Waals surface area contributed by atoms with Crippen molar-refractivity contribution in [2.24, 2.45) is 11.8 Å². The fourth-order valence-corrected chi connectivity index (χ4v) is 11.3. The largest absolute Gasteiger partial charge is 3.00 e. The summed E-state index contributed by atoms with van der Waals surface area (Å²) in [4.78, 5) is 9.57. The van der Waals surface area contributed by atoms with E-state index in [9.17, 15) is 0 Å². The van der Waals surface area contributed by atoms with Gasteiger partial charge in [-0.05, 0) is 12.8 Å². The second-order valence-electron chi connectivity index (χ2n) is 8.49. The number of rotatable bonds is 4. The molecular formula is C18H39CrN2OSi2. The molecule has 1 aliphatic carbocycles. The van der Waals surface area contributed by atoms with Gasteiger partial charge in [0, 0.05) is 13.2 Å². The maximum Gasteiger partial charge on any atom is 3.00 e. The molecule has 0 amide bonds. The van der Waals surface area contributed by atoms with Gasteiger partial charge in [0.15, 0.2) is 0 Å². The van der Waals surface area contributed by atoms with Crippen LogP contribution in [0.5, 0.6) is 0 Å². The minimum atomic E-state index is -1.48. The molecule has 3 nitrogen and oxygen atoms in total. The third kappa shape index (κ3) is 5.67. The van der Waals surface area contributed by atoms with Crippen molar-refractivity contribution in [3.05, 3.63) is 15.9 Å². The fourth-order valence-electron chi connectivity index (χ4n) is 4.82. The van der Waals surface area contributed by atoms with Crippen LogP contribution in [0.25, 0.3) is 9.96 Å². The van der Waals surface area contributed by atoms with Gasteiger partial charge in [0.05, 0.1) is 0 Å². The molecule has 141 valence electrons. The van der Waals surface area contributed by atoms with E-state index < -0.39 is 16.5 Å². The van der Waals surface area contributed by atoms with Crippen molar-refractivity contribution in [2.75, 3.05) is 27.3 Å². The maximum atomic E-state index is 4.94. The Balaban J connectivity index is 0.000000751. The quantitative estimate of drug-likeness (QED) is 0.427. The molecule has 1 saturated carbocycles. The fraction of sp³-hybridized carbons (Fsp3) is 0.944. The van der Waals surface area contributed by atoms with Crippen LogP contribution < -0.4 is 0 Å². The third-order valence-electron chi connectivity index (χ3n) is 6.36. The standard InChI is InChI=1S/C14H31N2Si2.C4H8O.Cr/c1-10-11(2)14(18(8,9)16-5)12(3)13(10)17(6,7)15-4;1-2-4-5-3-1;/h10-11,13-14H,1-9H3;1-4H2;/q-3;;+3. The van der Waals surface area contributed by atoms with Crippen molar-refractivity contribution in [2.45, 2.75) is 70.9 Å². The van der Waals surface area contributed by atoms with Gasteiger partial charge in [-0.15, -0.1) is 0 Å². The van der Waals surface area contributed by atoms with Gasteiger partial charge in [0.25, 0.3) is 0 Å². The zero-order valence-corrected chi connectivity index (χ0v) is 20.6. The van der Waals surface area contributed by atoms with E-state index in [1.807, 2.05) is 14.1 Å². The first-order valence-corrected chi connectivity index (χ1v) is 15.3. The molecule has 0 N–H and O–H groups in total. The van der Waals surface area contributed by atoms with E-state index in [1.54, 1.807) is 5.92 Å². The molecular weight excluding hydrogens is 368 g/mol. The first-order chi connectivity index (χ1) is 10.6. The number of nitrogens with zero attached hydrogens (tertiary/aromatic N) is 2. The van der Waals surface area contributed by atoms with E-state index in [0.717, 1.165) is 36.1 Å². The van der Waals surface area contributed by atoms with Crippen LogP contribution in [-0.2, 0) is 22.1 Å². The third-order valence-corrected chi connectivity index (χ3v) is 13.7. The summed E-state index contributed by atoms with van der Waals surface area (Å²) in [6, 6.07) is 0. The minimum absolute atomic E-state index is 0. The van der Waals surface area contributed by atoms with Gasteiger partial charge >= 0.3 is 17.4 Å².